The maximum absolute atomic E-state index is 14.4. The molecule has 1 atom stereocenters. The molecule has 176 valence electrons. The molecule has 0 fully saturated rings. The van der Waals surface area contributed by atoms with Crippen LogP contribution in [0.25, 0.3) is 22.5 Å². The summed E-state index contributed by atoms with van der Waals surface area (Å²) in [5.74, 6) is 0.410. The average molecular weight is 461 g/mol. The van der Waals surface area contributed by atoms with Crippen LogP contribution in [0, 0.1) is 5.82 Å². The SMILES string of the molecule is CCn1ncc2c1-c1cnc(N)c(c1)OC(C)c1cc(F)ccc1-c1nn(C(C)(C)C)cc1C2. The minimum absolute atomic E-state index is 0.218. The number of halogens is 1. The van der Waals surface area contributed by atoms with Gasteiger partial charge in [0.05, 0.1) is 23.1 Å². The van der Waals surface area contributed by atoms with Crippen molar-refractivity contribution in [3.63, 3.8) is 0 Å². The number of benzene rings is 1. The monoisotopic (exact) mass is 460 g/mol. The van der Waals surface area contributed by atoms with Gasteiger partial charge in [-0.2, -0.15) is 10.2 Å². The van der Waals surface area contributed by atoms with Gasteiger partial charge < -0.3 is 10.5 Å². The lowest BCUT2D eigenvalue weighted by Crippen LogP contribution is -2.22. The van der Waals surface area contributed by atoms with Gasteiger partial charge in [0.25, 0.3) is 0 Å². The molecule has 1 unspecified atom stereocenters. The number of anilines is 1. The Morgan fingerprint density at radius 1 is 1.18 bits per heavy atom. The third-order valence-corrected chi connectivity index (χ3v) is 6.24. The highest BCUT2D eigenvalue weighted by Gasteiger charge is 2.26. The van der Waals surface area contributed by atoms with Crippen LogP contribution in [0.4, 0.5) is 10.2 Å². The topological polar surface area (TPSA) is 83.8 Å². The van der Waals surface area contributed by atoms with Gasteiger partial charge in [-0.3, -0.25) is 9.36 Å². The first kappa shape index (κ1) is 22.1. The summed E-state index contributed by atoms with van der Waals surface area (Å²) in [5.41, 5.74) is 12.2. The number of hydrogen-bond donors (Lipinski definition) is 1. The van der Waals surface area contributed by atoms with Gasteiger partial charge in [0.2, 0.25) is 0 Å². The van der Waals surface area contributed by atoms with E-state index in [9.17, 15) is 4.39 Å². The molecule has 1 aliphatic rings. The van der Waals surface area contributed by atoms with Gasteiger partial charge in [0, 0.05) is 53.2 Å². The molecule has 0 spiro atoms. The van der Waals surface area contributed by atoms with Crippen LogP contribution in [-0.2, 0) is 18.5 Å². The number of aromatic nitrogens is 5. The van der Waals surface area contributed by atoms with Gasteiger partial charge in [0.15, 0.2) is 11.6 Å². The number of nitrogens with two attached hydrogens (primary N) is 1. The lowest BCUT2D eigenvalue weighted by Gasteiger charge is -2.21. The van der Waals surface area contributed by atoms with E-state index in [1.54, 1.807) is 12.3 Å². The van der Waals surface area contributed by atoms with Crippen molar-refractivity contribution in [1.29, 1.82) is 0 Å². The summed E-state index contributed by atoms with van der Waals surface area (Å²) in [6.07, 6.45) is 5.87. The molecule has 7 nitrogen and oxygen atoms in total. The Morgan fingerprint density at radius 3 is 2.71 bits per heavy atom. The van der Waals surface area contributed by atoms with Gasteiger partial charge in [0.1, 0.15) is 11.9 Å². The van der Waals surface area contributed by atoms with E-state index in [-0.39, 0.29) is 17.2 Å². The van der Waals surface area contributed by atoms with E-state index in [0.29, 0.717) is 24.3 Å². The molecule has 8 heteroatoms. The Morgan fingerprint density at radius 2 is 1.97 bits per heavy atom. The van der Waals surface area contributed by atoms with Crippen LogP contribution < -0.4 is 10.5 Å². The second kappa shape index (κ2) is 7.97. The first-order valence-corrected chi connectivity index (χ1v) is 11.5. The molecule has 0 saturated heterocycles. The van der Waals surface area contributed by atoms with Gasteiger partial charge >= 0.3 is 0 Å². The molecule has 0 radical (unpaired) electrons. The predicted molar refractivity (Wildman–Crippen MR) is 130 cm³/mol. The maximum atomic E-state index is 14.4. The van der Waals surface area contributed by atoms with Crippen LogP contribution in [0.2, 0.25) is 0 Å². The molecule has 0 amide bonds. The fraction of sp³-hybridized carbons (Fsp3) is 0.346. The fourth-order valence-corrected chi connectivity index (χ4v) is 4.46. The van der Waals surface area contributed by atoms with Crippen LogP contribution in [0.1, 0.15) is 57.4 Å². The number of aryl methyl sites for hydroxylation is 1. The largest absolute Gasteiger partial charge is 0.482 e. The molecule has 1 aromatic carbocycles. The van der Waals surface area contributed by atoms with Crippen molar-refractivity contribution in [2.24, 2.45) is 0 Å². The van der Waals surface area contributed by atoms with E-state index < -0.39 is 6.10 Å². The molecule has 0 saturated carbocycles. The summed E-state index contributed by atoms with van der Waals surface area (Å²) in [5, 5.41) is 9.60. The van der Waals surface area contributed by atoms with E-state index in [2.05, 4.69) is 44.0 Å². The number of nitrogen functional groups attached to an aromatic ring is 1. The molecule has 0 aliphatic carbocycles. The number of rotatable bonds is 1. The minimum Gasteiger partial charge on any atom is -0.482 e. The van der Waals surface area contributed by atoms with E-state index in [1.165, 1.54) is 12.1 Å². The number of ether oxygens (including phenoxy) is 1. The molecule has 2 N–H and O–H groups in total. The highest BCUT2D eigenvalue weighted by molar-refractivity contribution is 5.71. The zero-order valence-corrected chi connectivity index (χ0v) is 20.1. The second-order valence-corrected chi connectivity index (χ2v) is 9.73. The molecule has 2 bridgehead atoms. The number of pyridine rings is 1. The van der Waals surface area contributed by atoms with Crippen LogP contribution in [0.5, 0.6) is 5.75 Å². The quantitative estimate of drug-likeness (QED) is 0.414. The molecule has 1 aliphatic heterocycles. The number of hydrogen-bond acceptors (Lipinski definition) is 5. The van der Waals surface area contributed by atoms with Crippen molar-refractivity contribution in [1.82, 2.24) is 24.5 Å². The van der Waals surface area contributed by atoms with Crippen molar-refractivity contribution in [3.8, 4) is 28.3 Å². The van der Waals surface area contributed by atoms with Crippen molar-refractivity contribution >= 4 is 5.82 Å². The zero-order valence-electron chi connectivity index (χ0n) is 20.1. The van der Waals surface area contributed by atoms with E-state index >= 15 is 0 Å². The standard InChI is InChI=1S/C26H29FN6O/c1-6-32-24-16(13-30-32)9-18-14-33(26(3,4)5)31-23(18)20-8-7-19(27)11-21(20)15(2)34-22-10-17(24)12-29-25(22)28/h7-8,10-15H,6,9H2,1-5H3,(H2,28,29). The molecule has 3 aromatic heterocycles. The lowest BCUT2D eigenvalue weighted by molar-refractivity contribution is 0.227. The molecular formula is C26H29FN6O. The summed E-state index contributed by atoms with van der Waals surface area (Å²) in [4.78, 5) is 4.39. The first-order valence-electron chi connectivity index (χ1n) is 11.5. The molecular weight excluding hydrogens is 431 g/mol. The van der Waals surface area contributed by atoms with E-state index in [1.807, 2.05) is 28.6 Å². The van der Waals surface area contributed by atoms with Crippen LogP contribution in [0.3, 0.4) is 0 Å². The lowest BCUT2D eigenvalue weighted by atomic mass is 9.94. The van der Waals surface area contributed by atoms with Crippen LogP contribution >= 0.6 is 0 Å². The molecule has 5 rings (SSSR count). The highest BCUT2D eigenvalue weighted by atomic mass is 19.1. The number of fused-ring (bicyclic) bond motifs is 7. The molecule has 34 heavy (non-hydrogen) atoms. The highest BCUT2D eigenvalue weighted by Crippen LogP contribution is 2.39. The van der Waals surface area contributed by atoms with Crippen molar-refractivity contribution in [2.75, 3.05) is 5.73 Å². The Hall–Kier alpha value is -3.68. The first-order chi connectivity index (χ1) is 16.2. The zero-order chi connectivity index (χ0) is 24.2. The Kier molecular flexibility index (Phi) is 5.19. The third-order valence-electron chi connectivity index (χ3n) is 6.24. The Bertz CT molecular complexity index is 1380. The van der Waals surface area contributed by atoms with Gasteiger partial charge in [-0.15, -0.1) is 0 Å². The molecule has 4 aromatic rings. The van der Waals surface area contributed by atoms with Crippen molar-refractivity contribution < 1.29 is 9.13 Å². The van der Waals surface area contributed by atoms with E-state index in [4.69, 9.17) is 15.6 Å². The summed E-state index contributed by atoms with van der Waals surface area (Å²) < 4.78 is 24.6. The van der Waals surface area contributed by atoms with Crippen molar-refractivity contribution in [3.05, 3.63) is 65.4 Å². The molecule has 4 heterocycles. The summed E-state index contributed by atoms with van der Waals surface area (Å²) in [7, 11) is 0. The maximum Gasteiger partial charge on any atom is 0.166 e. The van der Waals surface area contributed by atoms with Gasteiger partial charge in [-0.05, 0) is 58.9 Å². The van der Waals surface area contributed by atoms with Crippen molar-refractivity contribution in [2.45, 2.75) is 59.2 Å². The minimum atomic E-state index is -0.479. The summed E-state index contributed by atoms with van der Waals surface area (Å²) in [6, 6.07) is 6.66. The van der Waals surface area contributed by atoms with Gasteiger partial charge in [-0.1, -0.05) is 0 Å². The fourth-order valence-electron chi connectivity index (χ4n) is 4.46. The second-order valence-electron chi connectivity index (χ2n) is 9.73. The van der Waals surface area contributed by atoms with E-state index in [0.717, 1.165) is 33.6 Å². The average Bonchev–Trinajstić information content (AvgIpc) is 3.39. The summed E-state index contributed by atoms with van der Waals surface area (Å²) >= 11 is 0. The Labute approximate surface area is 198 Å². The van der Waals surface area contributed by atoms with Crippen LogP contribution in [-0.4, -0.2) is 24.5 Å². The van der Waals surface area contributed by atoms with Gasteiger partial charge in [-0.25, -0.2) is 9.37 Å². The predicted octanol–water partition coefficient (Wildman–Crippen LogP) is 5.35. The third kappa shape index (κ3) is 3.73. The Balaban J connectivity index is 1.82. The summed E-state index contributed by atoms with van der Waals surface area (Å²) in [6.45, 7) is 11.0. The normalized spacial score (nSPS) is 15.4. The van der Waals surface area contributed by atoms with Crippen LogP contribution in [0.15, 0.2) is 42.9 Å². The number of nitrogens with zero attached hydrogens (tertiary/aromatic N) is 5. The smallest absolute Gasteiger partial charge is 0.166 e.